The molecule has 0 spiro atoms. The zero-order valence-electron chi connectivity index (χ0n) is 14.7. The van der Waals surface area contributed by atoms with Crippen molar-refractivity contribution in [2.45, 2.75) is 4.90 Å². The van der Waals surface area contributed by atoms with Gasteiger partial charge in [-0.1, -0.05) is 18.2 Å². The minimum Gasteiger partial charge on any atom is -0.282 e. The summed E-state index contributed by atoms with van der Waals surface area (Å²) in [6, 6.07) is 8.95. The molecule has 1 amide bonds. The fourth-order valence-electron chi connectivity index (χ4n) is 2.40. The first-order valence-corrected chi connectivity index (χ1v) is 11.4. The summed E-state index contributed by atoms with van der Waals surface area (Å²) < 4.78 is 56.6. The Morgan fingerprint density at radius 1 is 1.17 bits per heavy atom. The van der Waals surface area contributed by atoms with E-state index in [4.69, 9.17) is 0 Å². The van der Waals surface area contributed by atoms with E-state index in [1.807, 2.05) is 22.6 Å². The average molecular weight is 546 g/mol. The van der Waals surface area contributed by atoms with Gasteiger partial charge in [0.2, 0.25) is 0 Å². The van der Waals surface area contributed by atoms with Crippen LogP contribution in [-0.4, -0.2) is 30.9 Å². The monoisotopic (exact) mass is 546 g/mol. The number of amides is 1. The Bertz CT molecular complexity index is 1150. The highest BCUT2D eigenvalue weighted by Gasteiger charge is 2.34. The van der Waals surface area contributed by atoms with Gasteiger partial charge in [0.05, 0.1) is 9.80 Å². The third-order valence-corrected chi connectivity index (χ3v) is 7.01. The summed E-state index contributed by atoms with van der Waals surface area (Å²) >= 11 is 2.66. The Kier molecular flexibility index (Phi) is 6.54. The van der Waals surface area contributed by atoms with Crippen molar-refractivity contribution < 1.29 is 22.0 Å². The molecule has 0 N–H and O–H groups in total. The maximum Gasteiger partial charge on any atom is 0.284 e. The third kappa shape index (κ3) is 4.75. The minimum atomic E-state index is -4.18. The molecule has 0 aliphatic carbocycles. The summed E-state index contributed by atoms with van der Waals surface area (Å²) in [6.45, 7) is 3.59. The molecule has 5 nitrogen and oxygen atoms in total. The van der Waals surface area contributed by atoms with Crippen molar-refractivity contribution in [2.24, 2.45) is 4.40 Å². The van der Waals surface area contributed by atoms with E-state index < -0.39 is 27.6 Å². The van der Waals surface area contributed by atoms with Gasteiger partial charge in [0, 0.05) is 15.7 Å². The molecule has 0 bridgehead atoms. The topological polar surface area (TPSA) is 66.8 Å². The number of thioether (sulfide) groups is 1. The lowest BCUT2D eigenvalue weighted by Crippen LogP contribution is -2.29. The molecule has 150 valence electrons. The minimum absolute atomic E-state index is 0.0236. The molecule has 2 aromatic rings. The molecule has 10 heteroatoms. The number of halogens is 3. The van der Waals surface area contributed by atoms with Crippen molar-refractivity contribution in [3.63, 3.8) is 0 Å². The first kappa shape index (κ1) is 21.7. The number of hydrogen-bond acceptors (Lipinski definition) is 4. The molecule has 1 heterocycles. The van der Waals surface area contributed by atoms with E-state index in [0.29, 0.717) is 3.57 Å². The first-order chi connectivity index (χ1) is 13.7. The lowest BCUT2D eigenvalue weighted by atomic mass is 10.2. The highest BCUT2D eigenvalue weighted by molar-refractivity contribution is 14.1. The van der Waals surface area contributed by atoms with E-state index in [0.717, 1.165) is 40.9 Å². The van der Waals surface area contributed by atoms with Crippen LogP contribution in [0.2, 0.25) is 0 Å². The molecule has 1 aliphatic heterocycles. The van der Waals surface area contributed by atoms with Crippen molar-refractivity contribution >= 4 is 61.5 Å². The number of amidine groups is 1. The molecule has 3 rings (SSSR count). The van der Waals surface area contributed by atoms with E-state index in [2.05, 4.69) is 11.0 Å². The van der Waals surface area contributed by atoms with E-state index in [1.54, 1.807) is 12.1 Å². The number of sulfonamides is 1. The molecule has 0 aromatic heterocycles. The second kappa shape index (κ2) is 8.76. The average Bonchev–Trinajstić information content (AvgIpc) is 2.94. The summed E-state index contributed by atoms with van der Waals surface area (Å²) in [5.41, 5.74) is 0.203. The van der Waals surface area contributed by atoms with Crippen LogP contribution in [0, 0.1) is 15.2 Å². The zero-order chi connectivity index (χ0) is 21.2. The lowest BCUT2D eigenvalue weighted by Gasteiger charge is -2.12. The van der Waals surface area contributed by atoms with Crippen LogP contribution in [0.15, 0.2) is 69.3 Å². The second-order valence-electron chi connectivity index (χ2n) is 5.76. The van der Waals surface area contributed by atoms with Gasteiger partial charge < -0.3 is 0 Å². The normalized spacial score (nSPS) is 17.3. The molecule has 2 aromatic carbocycles. The lowest BCUT2D eigenvalue weighted by molar-refractivity contribution is -0.121. The van der Waals surface area contributed by atoms with Crippen molar-refractivity contribution in [2.75, 3.05) is 6.54 Å². The Balaban J connectivity index is 2.02. The van der Waals surface area contributed by atoms with E-state index >= 15 is 0 Å². The molecule has 0 saturated carbocycles. The van der Waals surface area contributed by atoms with Crippen LogP contribution in [0.5, 0.6) is 0 Å². The number of carbonyl (C=O) groups excluding carboxylic acids is 1. The third-order valence-electron chi connectivity index (χ3n) is 3.78. The fourth-order valence-corrected chi connectivity index (χ4v) is 5.10. The molecule has 29 heavy (non-hydrogen) atoms. The predicted molar refractivity (Wildman–Crippen MR) is 118 cm³/mol. The Labute approximate surface area is 184 Å². The van der Waals surface area contributed by atoms with Crippen LogP contribution in [-0.2, 0) is 14.8 Å². The van der Waals surface area contributed by atoms with Crippen molar-refractivity contribution in [1.82, 2.24) is 4.90 Å². The van der Waals surface area contributed by atoms with Crippen LogP contribution in [0.1, 0.15) is 5.56 Å². The molecule has 1 fully saturated rings. The molecule has 0 unspecified atom stereocenters. The van der Waals surface area contributed by atoms with Crippen molar-refractivity contribution in [3.05, 3.63) is 80.8 Å². The van der Waals surface area contributed by atoms with Crippen LogP contribution >= 0.6 is 34.4 Å². The van der Waals surface area contributed by atoms with Crippen LogP contribution in [0.4, 0.5) is 8.78 Å². The van der Waals surface area contributed by atoms with Crippen LogP contribution in [0.3, 0.4) is 0 Å². The van der Waals surface area contributed by atoms with Crippen molar-refractivity contribution in [1.29, 1.82) is 0 Å². The summed E-state index contributed by atoms with van der Waals surface area (Å²) in [5.74, 6) is -1.57. The van der Waals surface area contributed by atoms with Gasteiger partial charge >= 0.3 is 0 Å². The predicted octanol–water partition coefficient (Wildman–Crippen LogP) is 4.42. The van der Waals surface area contributed by atoms with Gasteiger partial charge in [-0.2, -0.15) is 8.42 Å². The fraction of sp³-hybridized carbons (Fsp3) is 0.0526. The Morgan fingerprint density at radius 3 is 2.52 bits per heavy atom. The molecule has 1 aliphatic rings. The Hall–Kier alpha value is -2.05. The maximum absolute atomic E-state index is 14.3. The molecule has 0 radical (unpaired) electrons. The largest absolute Gasteiger partial charge is 0.284 e. The summed E-state index contributed by atoms with van der Waals surface area (Å²) in [5, 5.41) is -0.0866. The number of benzene rings is 2. The highest BCUT2D eigenvalue weighted by atomic mass is 127. The smallest absolute Gasteiger partial charge is 0.282 e. The van der Waals surface area contributed by atoms with E-state index in [1.165, 1.54) is 18.2 Å². The quantitative estimate of drug-likeness (QED) is 0.317. The molecule has 0 atom stereocenters. The van der Waals surface area contributed by atoms with Gasteiger partial charge in [-0.25, -0.2) is 8.78 Å². The molecule has 1 saturated heterocycles. The summed E-state index contributed by atoms with van der Waals surface area (Å²) in [4.78, 5) is 13.8. The zero-order valence-corrected chi connectivity index (χ0v) is 18.5. The van der Waals surface area contributed by atoms with Gasteiger partial charge in [-0.15, -0.1) is 11.0 Å². The Morgan fingerprint density at radius 2 is 1.86 bits per heavy atom. The number of carbonyl (C=O) groups is 1. The van der Waals surface area contributed by atoms with Gasteiger partial charge in [-0.05, 0) is 70.8 Å². The van der Waals surface area contributed by atoms with Gasteiger partial charge in [-0.3, -0.25) is 9.69 Å². The van der Waals surface area contributed by atoms with E-state index in [-0.39, 0.29) is 27.1 Å². The summed E-state index contributed by atoms with van der Waals surface area (Å²) in [7, 11) is -4.18. The van der Waals surface area contributed by atoms with Gasteiger partial charge in [0.1, 0.15) is 11.6 Å². The number of nitrogens with zero attached hydrogens (tertiary/aromatic N) is 2. The van der Waals surface area contributed by atoms with Crippen LogP contribution in [0.25, 0.3) is 6.08 Å². The molecular formula is C19H13F2IN2O3S2. The van der Waals surface area contributed by atoms with Crippen molar-refractivity contribution in [3.8, 4) is 0 Å². The second-order valence-corrected chi connectivity index (χ2v) is 9.54. The van der Waals surface area contributed by atoms with Gasteiger partial charge in [0.25, 0.3) is 15.9 Å². The SMILES string of the molecule is C=CCN1C(=O)C(=Cc2cccc(I)c2F)SC1=NS(=O)(=O)c1ccc(F)cc1. The van der Waals surface area contributed by atoms with Gasteiger partial charge in [0.15, 0.2) is 5.17 Å². The standard InChI is InChI=1S/C19H13F2IN2O3S2/c1-2-10-24-18(25)16(11-12-4-3-5-15(22)17(12)21)28-19(24)23-29(26,27)14-8-6-13(20)7-9-14/h2-9,11H,1,10H2. The molecular weight excluding hydrogens is 533 g/mol. The van der Waals surface area contributed by atoms with Crippen LogP contribution < -0.4 is 0 Å². The maximum atomic E-state index is 14.3. The summed E-state index contributed by atoms with van der Waals surface area (Å²) in [6.07, 6.45) is 2.78. The number of rotatable bonds is 5. The first-order valence-electron chi connectivity index (χ1n) is 8.10. The highest BCUT2D eigenvalue weighted by Crippen LogP contribution is 2.34. The number of hydrogen-bond donors (Lipinski definition) is 0. The van der Waals surface area contributed by atoms with E-state index in [9.17, 15) is 22.0 Å².